The average Bonchev–Trinajstić information content (AvgIpc) is 2.27. The van der Waals surface area contributed by atoms with Crippen LogP contribution in [0.15, 0.2) is 35.2 Å². The summed E-state index contributed by atoms with van der Waals surface area (Å²) in [4.78, 5) is 12.1. The minimum absolute atomic E-state index is 0.298. The van der Waals surface area contributed by atoms with Crippen LogP contribution in [-0.4, -0.2) is 29.5 Å². The van der Waals surface area contributed by atoms with Gasteiger partial charge < -0.3 is 9.84 Å². The van der Waals surface area contributed by atoms with Crippen LogP contribution in [0.3, 0.4) is 0 Å². The Kier molecular flexibility index (Phi) is 5.21. The molecule has 15 heavy (non-hydrogen) atoms. The Labute approximate surface area is 93.4 Å². The Hall–Kier alpha value is -1.00. The second kappa shape index (κ2) is 6.48. The molecule has 1 aromatic carbocycles. The lowest BCUT2D eigenvalue weighted by Crippen LogP contribution is -2.25. The van der Waals surface area contributed by atoms with Crippen molar-refractivity contribution in [2.45, 2.75) is 17.9 Å². The molecule has 4 heteroatoms. The van der Waals surface area contributed by atoms with Crippen molar-refractivity contribution in [1.29, 1.82) is 0 Å². The Balaban J connectivity index is 2.34. The van der Waals surface area contributed by atoms with E-state index in [-0.39, 0.29) is 0 Å². The minimum atomic E-state index is -1.05. The van der Waals surface area contributed by atoms with Crippen LogP contribution in [0.25, 0.3) is 0 Å². The zero-order valence-corrected chi connectivity index (χ0v) is 9.37. The molecule has 3 nitrogen and oxygen atoms in total. The van der Waals surface area contributed by atoms with Crippen molar-refractivity contribution < 1.29 is 14.6 Å². The lowest BCUT2D eigenvalue weighted by atomic mass is 10.4. The van der Waals surface area contributed by atoms with Crippen LogP contribution in [0.4, 0.5) is 0 Å². The van der Waals surface area contributed by atoms with E-state index in [0.717, 1.165) is 4.90 Å². The van der Waals surface area contributed by atoms with Gasteiger partial charge in [0.1, 0.15) is 0 Å². The fourth-order valence-electron chi connectivity index (χ4n) is 0.998. The average molecular weight is 226 g/mol. The highest BCUT2D eigenvalue weighted by Gasteiger charge is 2.15. The third-order valence-corrected chi connectivity index (χ3v) is 2.80. The lowest BCUT2D eigenvalue weighted by molar-refractivity contribution is -0.151. The molecular weight excluding hydrogens is 212 g/mol. The van der Waals surface area contributed by atoms with Gasteiger partial charge in [-0.25, -0.2) is 4.79 Å². The smallest absolute Gasteiger partial charge is 0.335 e. The Morgan fingerprint density at radius 3 is 2.73 bits per heavy atom. The van der Waals surface area contributed by atoms with E-state index < -0.39 is 12.1 Å². The van der Waals surface area contributed by atoms with Gasteiger partial charge in [-0.05, 0) is 19.1 Å². The molecule has 0 spiro atoms. The third-order valence-electron chi connectivity index (χ3n) is 1.71. The molecule has 0 heterocycles. The Morgan fingerprint density at radius 2 is 2.13 bits per heavy atom. The first-order valence-corrected chi connectivity index (χ1v) is 5.75. The third kappa shape index (κ3) is 4.36. The van der Waals surface area contributed by atoms with Crippen molar-refractivity contribution >= 4 is 17.7 Å². The molecule has 0 saturated carbocycles. The highest BCUT2D eigenvalue weighted by Crippen LogP contribution is 2.18. The number of hydrogen-bond donors (Lipinski definition) is 1. The molecule has 1 N–H and O–H groups in total. The number of carbonyl (C=O) groups excluding carboxylic acids is 1. The summed E-state index contributed by atoms with van der Waals surface area (Å²) in [6.07, 6.45) is -1.05. The number of ether oxygens (including phenoxy) is 1. The fraction of sp³-hybridized carbons (Fsp3) is 0.364. The number of thioether (sulfide) groups is 1. The molecule has 0 saturated heterocycles. The minimum Gasteiger partial charge on any atom is -0.464 e. The molecule has 0 amide bonds. The maximum absolute atomic E-state index is 11.1. The molecule has 0 fully saturated rings. The number of esters is 1. The van der Waals surface area contributed by atoms with Gasteiger partial charge in [-0.2, -0.15) is 0 Å². The fourth-order valence-corrected chi connectivity index (χ4v) is 1.83. The summed E-state index contributed by atoms with van der Waals surface area (Å²) in [6.45, 7) is 2.01. The van der Waals surface area contributed by atoms with Crippen molar-refractivity contribution in [2.24, 2.45) is 0 Å². The largest absolute Gasteiger partial charge is 0.464 e. The van der Waals surface area contributed by atoms with Gasteiger partial charge in [0, 0.05) is 10.6 Å². The highest BCUT2D eigenvalue weighted by molar-refractivity contribution is 7.99. The highest BCUT2D eigenvalue weighted by atomic mass is 32.2. The van der Waals surface area contributed by atoms with Crippen molar-refractivity contribution in [3.8, 4) is 0 Å². The van der Waals surface area contributed by atoms with E-state index in [2.05, 4.69) is 4.74 Å². The molecule has 0 aliphatic rings. The van der Waals surface area contributed by atoms with Crippen LogP contribution in [0.5, 0.6) is 0 Å². The molecule has 1 atom stereocenters. The molecule has 1 rings (SSSR count). The zero-order chi connectivity index (χ0) is 11.1. The number of carbonyl (C=O) groups is 1. The summed E-state index contributed by atoms with van der Waals surface area (Å²) in [6, 6.07) is 9.62. The van der Waals surface area contributed by atoms with Gasteiger partial charge in [0.25, 0.3) is 0 Å². The van der Waals surface area contributed by atoms with Crippen molar-refractivity contribution in [2.75, 3.05) is 12.4 Å². The van der Waals surface area contributed by atoms with E-state index in [0.29, 0.717) is 12.4 Å². The molecule has 0 radical (unpaired) electrons. The summed E-state index contributed by atoms with van der Waals surface area (Å²) in [5, 5.41) is 9.41. The van der Waals surface area contributed by atoms with Crippen LogP contribution in [-0.2, 0) is 9.53 Å². The first-order valence-electron chi connectivity index (χ1n) is 4.76. The second-order valence-corrected chi connectivity index (χ2v) is 3.99. The number of aliphatic hydroxyl groups is 1. The van der Waals surface area contributed by atoms with Crippen molar-refractivity contribution in [3.63, 3.8) is 0 Å². The van der Waals surface area contributed by atoms with E-state index in [9.17, 15) is 9.90 Å². The molecular formula is C11H14O3S. The van der Waals surface area contributed by atoms with Crippen LogP contribution >= 0.6 is 11.8 Å². The molecule has 0 aliphatic heterocycles. The van der Waals surface area contributed by atoms with Gasteiger partial charge in [0.05, 0.1) is 6.61 Å². The standard InChI is InChI=1S/C11H14O3S/c1-2-14-11(13)10(12)8-15-9-6-4-3-5-7-9/h3-7,10,12H,2,8H2,1H3. The summed E-state index contributed by atoms with van der Waals surface area (Å²) in [5.74, 6) is -0.232. The van der Waals surface area contributed by atoms with Crippen LogP contribution in [0.2, 0.25) is 0 Å². The second-order valence-electron chi connectivity index (χ2n) is 2.89. The summed E-state index contributed by atoms with van der Waals surface area (Å²) < 4.78 is 4.69. The number of aliphatic hydroxyl groups excluding tert-OH is 1. The van der Waals surface area contributed by atoms with Crippen LogP contribution in [0, 0.1) is 0 Å². The van der Waals surface area contributed by atoms with E-state index >= 15 is 0 Å². The van der Waals surface area contributed by atoms with Gasteiger partial charge in [-0.3, -0.25) is 0 Å². The lowest BCUT2D eigenvalue weighted by Gasteiger charge is -2.08. The first-order chi connectivity index (χ1) is 7.24. The maximum atomic E-state index is 11.1. The summed E-state index contributed by atoms with van der Waals surface area (Å²) in [5.41, 5.74) is 0. The molecule has 0 bridgehead atoms. The Bertz CT molecular complexity index is 300. The number of rotatable bonds is 5. The molecule has 0 aromatic heterocycles. The van der Waals surface area contributed by atoms with Crippen LogP contribution < -0.4 is 0 Å². The molecule has 1 unspecified atom stereocenters. The van der Waals surface area contributed by atoms with Gasteiger partial charge in [-0.15, -0.1) is 11.8 Å². The van der Waals surface area contributed by atoms with Gasteiger partial charge >= 0.3 is 5.97 Å². The zero-order valence-electron chi connectivity index (χ0n) is 8.55. The van der Waals surface area contributed by atoms with Crippen molar-refractivity contribution in [3.05, 3.63) is 30.3 Å². The topological polar surface area (TPSA) is 46.5 Å². The van der Waals surface area contributed by atoms with Crippen molar-refractivity contribution in [1.82, 2.24) is 0 Å². The predicted octanol–water partition coefficient (Wildman–Crippen LogP) is 1.70. The molecule has 1 aromatic rings. The van der Waals surface area contributed by atoms with Crippen LogP contribution in [0.1, 0.15) is 6.92 Å². The quantitative estimate of drug-likeness (QED) is 0.613. The van der Waals surface area contributed by atoms with E-state index in [1.54, 1.807) is 6.92 Å². The number of hydrogen-bond acceptors (Lipinski definition) is 4. The SMILES string of the molecule is CCOC(=O)C(O)CSc1ccccc1. The predicted molar refractivity (Wildman–Crippen MR) is 59.8 cm³/mol. The van der Waals surface area contributed by atoms with E-state index in [1.807, 2.05) is 30.3 Å². The van der Waals surface area contributed by atoms with Gasteiger partial charge in [0.2, 0.25) is 0 Å². The maximum Gasteiger partial charge on any atom is 0.335 e. The molecule has 82 valence electrons. The monoisotopic (exact) mass is 226 g/mol. The normalized spacial score (nSPS) is 12.1. The van der Waals surface area contributed by atoms with Gasteiger partial charge in [-0.1, -0.05) is 18.2 Å². The van der Waals surface area contributed by atoms with E-state index in [1.165, 1.54) is 11.8 Å². The summed E-state index contributed by atoms with van der Waals surface area (Å²) in [7, 11) is 0. The van der Waals surface area contributed by atoms with Gasteiger partial charge in [0.15, 0.2) is 6.10 Å². The Morgan fingerprint density at radius 1 is 1.47 bits per heavy atom. The first kappa shape index (κ1) is 12.1. The molecule has 0 aliphatic carbocycles. The number of benzene rings is 1. The van der Waals surface area contributed by atoms with E-state index in [4.69, 9.17) is 0 Å². The summed E-state index contributed by atoms with van der Waals surface area (Å²) >= 11 is 1.43.